The summed E-state index contributed by atoms with van der Waals surface area (Å²) in [4.78, 5) is 24.8. The standard InChI is InChI=1S/C34H36FN7O6S/c1-21(48-49(6,43)44)25-15-29(31(36-17-25)40-26-16-30(35)33(47-5)37-18-26)32-38-22(2)39-34(41-32)42(19-23-7-11-27(45-3)12-8-23)20-24-9-13-28(46-4)14-10-24/h7-18,21H,19-20H2,1-6H3,(H,36,40). The second-order valence-electron chi connectivity index (χ2n) is 11.0. The summed E-state index contributed by atoms with van der Waals surface area (Å²) >= 11 is 0. The molecular weight excluding hydrogens is 653 g/mol. The summed E-state index contributed by atoms with van der Waals surface area (Å²) in [6.07, 6.45) is 2.95. The summed E-state index contributed by atoms with van der Waals surface area (Å²) in [6.45, 7) is 4.22. The van der Waals surface area contributed by atoms with Gasteiger partial charge in [0.25, 0.3) is 10.1 Å². The molecule has 256 valence electrons. The fourth-order valence-corrected chi connectivity index (χ4v) is 5.54. The lowest BCUT2D eigenvalue weighted by atomic mass is 10.1. The van der Waals surface area contributed by atoms with Crippen molar-refractivity contribution in [1.29, 1.82) is 0 Å². The van der Waals surface area contributed by atoms with Crippen molar-refractivity contribution in [3.63, 3.8) is 0 Å². The first kappa shape index (κ1) is 34.9. The molecule has 15 heteroatoms. The van der Waals surface area contributed by atoms with E-state index in [2.05, 4.69) is 20.3 Å². The number of rotatable bonds is 14. The van der Waals surface area contributed by atoms with Crippen molar-refractivity contribution in [2.24, 2.45) is 0 Å². The normalized spacial score (nSPS) is 11.9. The molecule has 5 aromatic rings. The molecule has 1 unspecified atom stereocenters. The molecule has 0 bridgehead atoms. The van der Waals surface area contributed by atoms with Crippen LogP contribution in [-0.4, -0.2) is 60.9 Å². The average molecular weight is 690 g/mol. The van der Waals surface area contributed by atoms with Crippen LogP contribution in [0, 0.1) is 12.7 Å². The second kappa shape index (κ2) is 15.2. The lowest BCUT2D eigenvalue weighted by molar-refractivity contribution is 0.236. The Labute approximate surface area is 284 Å². The Kier molecular flexibility index (Phi) is 10.8. The monoisotopic (exact) mass is 689 g/mol. The highest BCUT2D eigenvalue weighted by atomic mass is 32.2. The minimum atomic E-state index is -3.78. The van der Waals surface area contributed by atoms with Crippen LogP contribution < -0.4 is 24.4 Å². The summed E-state index contributed by atoms with van der Waals surface area (Å²) < 4.78 is 59.3. The van der Waals surface area contributed by atoms with E-state index in [0.717, 1.165) is 28.9 Å². The number of hydrogen-bond acceptors (Lipinski definition) is 13. The van der Waals surface area contributed by atoms with Gasteiger partial charge in [0.2, 0.25) is 11.8 Å². The lowest BCUT2D eigenvalue weighted by Gasteiger charge is -2.24. The van der Waals surface area contributed by atoms with Gasteiger partial charge in [0, 0.05) is 30.9 Å². The highest BCUT2D eigenvalue weighted by molar-refractivity contribution is 7.86. The van der Waals surface area contributed by atoms with Crippen molar-refractivity contribution in [1.82, 2.24) is 24.9 Å². The summed E-state index contributed by atoms with van der Waals surface area (Å²) in [6, 6.07) is 18.3. The van der Waals surface area contributed by atoms with Gasteiger partial charge in [0.1, 0.15) is 29.2 Å². The molecule has 0 saturated heterocycles. The van der Waals surface area contributed by atoms with E-state index in [1.807, 2.05) is 53.4 Å². The van der Waals surface area contributed by atoms with Crippen molar-refractivity contribution in [3.8, 4) is 28.8 Å². The number of halogens is 1. The Bertz CT molecular complexity index is 1970. The van der Waals surface area contributed by atoms with E-state index in [4.69, 9.17) is 28.4 Å². The third-order valence-electron chi connectivity index (χ3n) is 7.29. The maximum absolute atomic E-state index is 14.6. The SMILES string of the molecule is COc1ccc(CN(Cc2ccc(OC)cc2)c2nc(C)nc(-c3cc(C(C)OS(C)(=O)=O)cnc3Nc3cnc(OC)c(F)c3)n2)cc1. The van der Waals surface area contributed by atoms with Crippen molar-refractivity contribution >= 4 is 27.6 Å². The molecule has 5 rings (SSSR count). The number of ether oxygens (including phenoxy) is 3. The molecule has 0 spiro atoms. The minimum Gasteiger partial charge on any atom is -0.497 e. The number of benzene rings is 2. The highest BCUT2D eigenvalue weighted by Gasteiger charge is 2.21. The van der Waals surface area contributed by atoms with Crippen LogP contribution in [0.15, 0.2) is 73.1 Å². The van der Waals surface area contributed by atoms with Gasteiger partial charge in [0.15, 0.2) is 11.6 Å². The highest BCUT2D eigenvalue weighted by Crippen LogP contribution is 2.32. The number of methoxy groups -OCH3 is 3. The number of hydrogen-bond donors (Lipinski definition) is 1. The largest absolute Gasteiger partial charge is 0.497 e. The Morgan fingerprint density at radius 1 is 0.837 bits per heavy atom. The fraction of sp³-hybridized carbons (Fsp3) is 0.265. The van der Waals surface area contributed by atoms with Crippen LogP contribution in [0.2, 0.25) is 0 Å². The zero-order valence-electron chi connectivity index (χ0n) is 27.8. The van der Waals surface area contributed by atoms with Gasteiger partial charge < -0.3 is 24.4 Å². The minimum absolute atomic E-state index is 0.160. The van der Waals surface area contributed by atoms with Crippen LogP contribution in [0.4, 0.5) is 21.8 Å². The van der Waals surface area contributed by atoms with Gasteiger partial charge in [-0.15, -0.1) is 0 Å². The summed E-state index contributed by atoms with van der Waals surface area (Å²) in [5.74, 6) is 1.93. The number of anilines is 3. The van der Waals surface area contributed by atoms with E-state index >= 15 is 0 Å². The lowest BCUT2D eigenvalue weighted by Crippen LogP contribution is -2.25. The number of nitrogens with one attached hydrogen (secondary N) is 1. The fourth-order valence-electron chi connectivity index (χ4n) is 4.90. The molecule has 2 aromatic carbocycles. The first-order valence-electron chi connectivity index (χ1n) is 15.0. The molecule has 0 fully saturated rings. The molecule has 13 nitrogen and oxygen atoms in total. The maximum atomic E-state index is 14.6. The molecule has 1 atom stereocenters. The van der Waals surface area contributed by atoms with Crippen LogP contribution >= 0.6 is 0 Å². The van der Waals surface area contributed by atoms with Crippen LogP contribution in [0.5, 0.6) is 17.4 Å². The molecule has 1 N–H and O–H groups in total. The average Bonchev–Trinajstić information content (AvgIpc) is 3.08. The van der Waals surface area contributed by atoms with Crippen LogP contribution in [-0.2, 0) is 27.4 Å². The Morgan fingerprint density at radius 2 is 1.45 bits per heavy atom. The molecule has 0 amide bonds. The molecule has 0 saturated carbocycles. The van der Waals surface area contributed by atoms with Crippen molar-refractivity contribution in [3.05, 3.63) is 101 Å². The topological polar surface area (TPSA) is 151 Å². The first-order valence-corrected chi connectivity index (χ1v) is 16.8. The Balaban J connectivity index is 1.60. The van der Waals surface area contributed by atoms with Gasteiger partial charge >= 0.3 is 0 Å². The predicted octanol–water partition coefficient (Wildman–Crippen LogP) is 5.79. The number of nitrogens with zero attached hydrogens (tertiary/aromatic N) is 6. The van der Waals surface area contributed by atoms with Gasteiger partial charge in [-0.25, -0.2) is 19.3 Å². The molecule has 0 aliphatic carbocycles. The van der Waals surface area contributed by atoms with Gasteiger partial charge in [-0.05, 0) is 55.3 Å². The number of pyridine rings is 2. The second-order valence-corrected chi connectivity index (χ2v) is 12.6. The molecule has 0 radical (unpaired) electrons. The van der Waals surface area contributed by atoms with E-state index in [0.29, 0.717) is 36.0 Å². The van der Waals surface area contributed by atoms with Gasteiger partial charge in [0.05, 0.1) is 45.0 Å². The van der Waals surface area contributed by atoms with E-state index in [9.17, 15) is 12.8 Å². The zero-order valence-corrected chi connectivity index (χ0v) is 28.7. The van der Waals surface area contributed by atoms with Gasteiger partial charge in [-0.3, -0.25) is 4.18 Å². The Hall–Kier alpha value is -5.41. The van der Waals surface area contributed by atoms with Crippen molar-refractivity contribution in [2.45, 2.75) is 33.0 Å². The molecule has 0 aliphatic heterocycles. The van der Waals surface area contributed by atoms with Gasteiger partial charge in [-0.1, -0.05) is 24.3 Å². The van der Waals surface area contributed by atoms with E-state index < -0.39 is 22.0 Å². The molecule has 0 aliphatic rings. The van der Waals surface area contributed by atoms with E-state index in [-0.39, 0.29) is 23.2 Å². The third kappa shape index (κ3) is 9.15. The summed E-state index contributed by atoms with van der Waals surface area (Å²) in [5, 5.41) is 3.08. The van der Waals surface area contributed by atoms with Gasteiger partial charge in [-0.2, -0.15) is 18.4 Å². The van der Waals surface area contributed by atoms with Crippen molar-refractivity contribution in [2.75, 3.05) is 37.8 Å². The number of aryl methyl sites for hydroxylation is 1. The molecule has 49 heavy (non-hydrogen) atoms. The number of aromatic nitrogens is 5. The maximum Gasteiger partial charge on any atom is 0.264 e. The van der Waals surface area contributed by atoms with Crippen molar-refractivity contribution < 1.29 is 31.2 Å². The third-order valence-corrected chi connectivity index (χ3v) is 7.92. The smallest absolute Gasteiger partial charge is 0.264 e. The van der Waals surface area contributed by atoms with E-state index in [1.165, 1.54) is 25.6 Å². The summed E-state index contributed by atoms with van der Waals surface area (Å²) in [5.41, 5.74) is 3.09. The summed E-state index contributed by atoms with van der Waals surface area (Å²) in [7, 11) is 0.770. The predicted molar refractivity (Wildman–Crippen MR) is 182 cm³/mol. The molecule has 3 aromatic heterocycles. The van der Waals surface area contributed by atoms with Crippen LogP contribution in [0.25, 0.3) is 11.4 Å². The molecular formula is C34H36FN7O6S. The Morgan fingerprint density at radius 3 is 1.98 bits per heavy atom. The molecule has 3 heterocycles. The quantitative estimate of drug-likeness (QED) is 0.140. The van der Waals surface area contributed by atoms with Crippen LogP contribution in [0.1, 0.15) is 35.5 Å². The van der Waals surface area contributed by atoms with Crippen LogP contribution in [0.3, 0.4) is 0 Å². The zero-order chi connectivity index (χ0) is 35.1. The van der Waals surface area contributed by atoms with E-state index in [1.54, 1.807) is 34.1 Å². The first-order chi connectivity index (χ1) is 23.4.